The molecule has 0 aliphatic rings. The highest BCUT2D eigenvalue weighted by Gasteiger charge is 2.14. The molecule has 310 valence electrons. The monoisotopic (exact) mass is 739 g/mol. The molecule has 0 saturated heterocycles. The van der Waals surface area contributed by atoms with Gasteiger partial charge < -0.3 is 18.9 Å². The highest BCUT2D eigenvalue weighted by Crippen LogP contribution is 2.20. The molecule has 6 nitrogen and oxygen atoms in total. The van der Waals surface area contributed by atoms with Crippen molar-refractivity contribution in [1.82, 2.24) is 0 Å². The van der Waals surface area contributed by atoms with E-state index in [1.165, 1.54) is 103 Å². The minimum absolute atomic E-state index is 0.0116. The Morgan fingerprint density at radius 2 is 0.846 bits per heavy atom. The van der Waals surface area contributed by atoms with Crippen molar-refractivity contribution >= 4 is 11.9 Å². The molecule has 0 aliphatic heterocycles. The Morgan fingerprint density at radius 3 is 1.35 bits per heavy atom. The average Bonchev–Trinajstić information content (AvgIpc) is 3.12. The first-order valence-corrected chi connectivity index (χ1v) is 22.9. The van der Waals surface area contributed by atoms with Crippen LogP contribution in [-0.4, -0.2) is 51.1 Å². The van der Waals surface area contributed by atoms with Crippen LogP contribution in [0.1, 0.15) is 228 Å². The van der Waals surface area contributed by atoms with Crippen molar-refractivity contribution < 1.29 is 28.5 Å². The highest BCUT2D eigenvalue weighted by atomic mass is 16.5. The minimum atomic E-state index is -0.0127. The van der Waals surface area contributed by atoms with Crippen LogP contribution < -0.4 is 0 Å². The maximum absolute atomic E-state index is 12.3. The zero-order chi connectivity index (χ0) is 38.3. The van der Waals surface area contributed by atoms with Gasteiger partial charge in [-0.15, -0.1) is 0 Å². The SMILES string of the molecule is CCCCCCC(CCCC)COC(=O)CCCCCCCOCC(CC(C)C)OCCCCCCCC(=O)OCC(CCCCC)CCCCC. The first-order chi connectivity index (χ1) is 25.4. The molecule has 0 aromatic carbocycles. The molecule has 0 aliphatic carbocycles. The second kappa shape index (κ2) is 39.6. The van der Waals surface area contributed by atoms with Crippen molar-refractivity contribution in [1.29, 1.82) is 0 Å². The van der Waals surface area contributed by atoms with E-state index in [4.69, 9.17) is 18.9 Å². The van der Waals surface area contributed by atoms with Gasteiger partial charge in [0.1, 0.15) is 0 Å². The molecule has 6 heteroatoms. The van der Waals surface area contributed by atoms with Gasteiger partial charge >= 0.3 is 11.9 Å². The summed E-state index contributed by atoms with van der Waals surface area (Å²) in [5.74, 6) is 1.63. The van der Waals surface area contributed by atoms with E-state index in [2.05, 4.69) is 41.5 Å². The van der Waals surface area contributed by atoms with E-state index in [0.29, 0.717) is 50.4 Å². The van der Waals surface area contributed by atoms with Gasteiger partial charge in [-0.25, -0.2) is 0 Å². The Kier molecular flexibility index (Phi) is 38.7. The largest absolute Gasteiger partial charge is 0.465 e. The molecule has 0 spiro atoms. The van der Waals surface area contributed by atoms with E-state index in [0.717, 1.165) is 83.8 Å². The van der Waals surface area contributed by atoms with Crippen molar-refractivity contribution in [3.63, 3.8) is 0 Å². The maximum Gasteiger partial charge on any atom is 0.305 e. The molecule has 0 heterocycles. The quantitative estimate of drug-likeness (QED) is 0.0459. The molecule has 0 aromatic rings. The van der Waals surface area contributed by atoms with Gasteiger partial charge in [-0.3, -0.25) is 9.59 Å². The number of unbranched alkanes of at least 4 members (excludes halogenated alkanes) is 16. The summed E-state index contributed by atoms with van der Waals surface area (Å²) in [6.45, 7) is 16.9. The molecule has 2 atom stereocenters. The molecule has 0 amide bonds. The van der Waals surface area contributed by atoms with Crippen molar-refractivity contribution in [3.05, 3.63) is 0 Å². The fraction of sp³-hybridized carbons (Fsp3) is 0.957. The molecule has 0 aromatic heterocycles. The third-order valence-electron chi connectivity index (χ3n) is 10.4. The van der Waals surface area contributed by atoms with Gasteiger partial charge in [0.15, 0.2) is 0 Å². The van der Waals surface area contributed by atoms with Crippen LogP contribution in [0.5, 0.6) is 0 Å². The Bertz CT molecular complexity index is 745. The van der Waals surface area contributed by atoms with E-state index in [9.17, 15) is 9.59 Å². The van der Waals surface area contributed by atoms with Crippen LogP contribution in [-0.2, 0) is 28.5 Å². The highest BCUT2D eigenvalue weighted by molar-refractivity contribution is 5.69. The summed E-state index contributed by atoms with van der Waals surface area (Å²) in [6, 6.07) is 0. The Hall–Kier alpha value is -1.14. The standard InChI is InChI=1S/C46H90O6/c1-7-11-15-24-32-42(29-14-10-4)38-51-45(47)33-25-18-16-20-27-35-49-40-44(37-41(5)6)50-36-28-21-17-19-26-34-46(48)52-39-43(30-22-12-8-2)31-23-13-9-3/h41-44H,7-40H2,1-6H3. The number of carbonyl (C=O) groups is 2. The zero-order valence-corrected chi connectivity index (χ0v) is 35.8. The minimum Gasteiger partial charge on any atom is -0.465 e. The van der Waals surface area contributed by atoms with Crippen molar-refractivity contribution in [3.8, 4) is 0 Å². The molecule has 0 radical (unpaired) electrons. The summed E-state index contributed by atoms with van der Waals surface area (Å²) in [6.07, 6.45) is 32.8. The molecule has 2 unspecified atom stereocenters. The Labute approximate surface area is 324 Å². The molecular weight excluding hydrogens is 648 g/mol. The van der Waals surface area contributed by atoms with Gasteiger partial charge in [-0.2, -0.15) is 0 Å². The lowest BCUT2D eigenvalue weighted by molar-refractivity contribution is -0.146. The summed E-state index contributed by atoms with van der Waals surface area (Å²) < 4.78 is 23.7. The van der Waals surface area contributed by atoms with Gasteiger partial charge in [0.2, 0.25) is 0 Å². The maximum atomic E-state index is 12.3. The molecule has 52 heavy (non-hydrogen) atoms. The lowest BCUT2D eigenvalue weighted by Gasteiger charge is -2.20. The smallest absolute Gasteiger partial charge is 0.305 e. The van der Waals surface area contributed by atoms with E-state index < -0.39 is 0 Å². The van der Waals surface area contributed by atoms with Crippen LogP contribution in [0, 0.1) is 17.8 Å². The number of carbonyl (C=O) groups excluding carboxylic acids is 2. The predicted octanol–water partition coefficient (Wildman–Crippen LogP) is 13.8. The zero-order valence-electron chi connectivity index (χ0n) is 35.8. The van der Waals surface area contributed by atoms with Crippen molar-refractivity contribution in [2.75, 3.05) is 33.0 Å². The van der Waals surface area contributed by atoms with Gasteiger partial charge in [0.05, 0.1) is 25.9 Å². The van der Waals surface area contributed by atoms with Crippen molar-refractivity contribution in [2.45, 2.75) is 234 Å². The number of hydrogen-bond acceptors (Lipinski definition) is 6. The predicted molar refractivity (Wildman–Crippen MR) is 221 cm³/mol. The van der Waals surface area contributed by atoms with E-state index in [1.807, 2.05) is 0 Å². The third kappa shape index (κ3) is 35.9. The van der Waals surface area contributed by atoms with E-state index >= 15 is 0 Å². The van der Waals surface area contributed by atoms with Gasteiger partial charge in [-0.1, -0.05) is 157 Å². The fourth-order valence-corrected chi connectivity index (χ4v) is 6.99. The molecule has 0 bridgehead atoms. The molecular formula is C46H90O6. The topological polar surface area (TPSA) is 71.1 Å². The Morgan fingerprint density at radius 1 is 0.442 bits per heavy atom. The summed E-state index contributed by atoms with van der Waals surface area (Å²) in [4.78, 5) is 24.7. The summed E-state index contributed by atoms with van der Waals surface area (Å²) >= 11 is 0. The number of esters is 2. The summed E-state index contributed by atoms with van der Waals surface area (Å²) in [7, 11) is 0. The van der Waals surface area contributed by atoms with Crippen LogP contribution in [0.4, 0.5) is 0 Å². The van der Waals surface area contributed by atoms with Crippen molar-refractivity contribution in [2.24, 2.45) is 17.8 Å². The second-order valence-corrected chi connectivity index (χ2v) is 16.3. The van der Waals surface area contributed by atoms with Gasteiger partial charge in [0.25, 0.3) is 0 Å². The summed E-state index contributed by atoms with van der Waals surface area (Å²) in [5.41, 5.74) is 0. The first kappa shape index (κ1) is 50.9. The van der Waals surface area contributed by atoms with E-state index in [1.54, 1.807) is 0 Å². The second-order valence-electron chi connectivity index (χ2n) is 16.3. The first-order valence-electron chi connectivity index (χ1n) is 22.9. The number of rotatable bonds is 41. The molecule has 0 N–H and O–H groups in total. The lowest BCUT2D eigenvalue weighted by atomic mass is 9.96. The van der Waals surface area contributed by atoms with Gasteiger partial charge in [0, 0.05) is 26.1 Å². The fourth-order valence-electron chi connectivity index (χ4n) is 6.99. The lowest BCUT2D eigenvalue weighted by Crippen LogP contribution is -2.23. The summed E-state index contributed by atoms with van der Waals surface area (Å²) in [5, 5.41) is 0. The van der Waals surface area contributed by atoms with Crippen LogP contribution in [0.25, 0.3) is 0 Å². The molecule has 0 rings (SSSR count). The number of ether oxygens (including phenoxy) is 4. The van der Waals surface area contributed by atoms with Crippen LogP contribution in [0.3, 0.4) is 0 Å². The van der Waals surface area contributed by atoms with Crippen LogP contribution in [0.2, 0.25) is 0 Å². The third-order valence-corrected chi connectivity index (χ3v) is 10.4. The van der Waals surface area contributed by atoms with Gasteiger partial charge in [-0.05, 0) is 75.5 Å². The van der Waals surface area contributed by atoms with Crippen LogP contribution in [0.15, 0.2) is 0 Å². The molecule has 0 fully saturated rings. The molecule has 0 saturated carbocycles. The number of hydrogen-bond donors (Lipinski definition) is 0. The normalized spacial score (nSPS) is 12.8. The van der Waals surface area contributed by atoms with E-state index in [-0.39, 0.29) is 18.0 Å². The average molecular weight is 739 g/mol. The van der Waals surface area contributed by atoms with Crippen LogP contribution >= 0.6 is 0 Å². The Balaban J connectivity index is 3.93.